The first-order valence-electron chi connectivity index (χ1n) is 5.85. The average Bonchev–Trinajstić information content (AvgIpc) is 2.30. The van der Waals surface area contributed by atoms with E-state index in [1.165, 1.54) is 6.07 Å². The fourth-order valence-electron chi connectivity index (χ4n) is 2.01. The van der Waals surface area contributed by atoms with Crippen LogP contribution >= 0.6 is 0 Å². The van der Waals surface area contributed by atoms with Crippen LogP contribution in [0.5, 0.6) is 5.75 Å². The van der Waals surface area contributed by atoms with Crippen molar-refractivity contribution in [3.05, 3.63) is 29.3 Å². The van der Waals surface area contributed by atoms with Gasteiger partial charge in [0.25, 0.3) is 5.91 Å². The summed E-state index contributed by atoms with van der Waals surface area (Å²) in [6.45, 7) is 3.23. The molecule has 1 aromatic rings. The fraction of sp³-hybridized carbons (Fsp3) is 0.462. The topological polar surface area (TPSA) is 58.6 Å². The van der Waals surface area contributed by atoms with Gasteiger partial charge in [-0.15, -0.1) is 0 Å². The Bertz CT molecular complexity index is 411. The van der Waals surface area contributed by atoms with E-state index < -0.39 is 0 Å². The molecule has 1 heterocycles. The van der Waals surface area contributed by atoms with Gasteiger partial charge in [0.05, 0.1) is 0 Å². The second kappa shape index (κ2) is 5.19. The van der Waals surface area contributed by atoms with Gasteiger partial charge < -0.3 is 15.2 Å². The number of rotatable bonds is 2. The second-order valence-electron chi connectivity index (χ2n) is 4.36. The summed E-state index contributed by atoms with van der Waals surface area (Å²) >= 11 is 0. The molecule has 1 fully saturated rings. The first-order valence-corrected chi connectivity index (χ1v) is 5.85. The molecule has 2 rings (SSSR count). The highest BCUT2D eigenvalue weighted by atomic mass is 16.5. The molecule has 2 N–H and O–H groups in total. The summed E-state index contributed by atoms with van der Waals surface area (Å²) in [5, 5.41) is 12.3. The van der Waals surface area contributed by atoms with Crippen molar-refractivity contribution >= 4 is 5.91 Å². The van der Waals surface area contributed by atoms with Gasteiger partial charge in [-0.2, -0.15) is 0 Å². The van der Waals surface area contributed by atoms with Gasteiger partial charge >= 0.3 is 0 Å². The number of aromatic hydroxyl groups is 1. The third-order valence-corrected chi connectivity index (χ3v) is 3.01. The maximum absolute atomic E-state index is 12.0. The van der Waals surface area contributed by atoms with Crippen LogP contribution in [0.1, 0.15) is 28.8 Å². The molecule has 1 aliphatic heterocycles. The van der Waals surface area contributed by atoms with Gasteiger partial charge in [-0.25, -0.2) is 0 Å². The van der Waals surface area contributed by atoms with Crippen LogP contribution < -0.4 is 5.32 Å². The van der Waals surface area contributed by atoms with Crippen molar-refractivity contribution in [3.63, 3.8) is 0 Å². The number of benzene rings is 1. The standard InChI is InChI=1S/C13H17NO3/c1-9-8-11(15)2-3-12(9)13(16)14-10-4-6-17-7-5-10/h2-3,8,10,15H,4-7H2,1H3,(H,14,16). The smallest absolute Gasteiger partial charge is 0.251 e. The van der Waals surface area contributed by atoms with Gasteiger partial charge in [0, 0.05) is 24.8 Å². The Labute approximate surface area is 101 Å². The zero-order valence-electron chi connectivity index (χ0n) is 9.90. The molecule has 1 saturated heterocycles. The first kappa shape index (κ1) is 11.9. The minimum atomic E-state index is -0.0746. The first-order chi connectivity index (χ1) is 8.16. The molecule has 4 heteroatoms. The van der Waals surface area contributed by atoms with E-state index >= 15 is 0 Å². The predicted molar refractivity (Wildman–Crippen MR) is 64.2 cm³/mol. The van der Waals surface area contributed by atoms with E-state index in [0.717, 1.165) is 18.4 Å². The van der Waals surface area contributed by atoms with E-state index in [0.29, 0.717) is 18.8 Å². The number of phenolic OH excluding ortho intramolecular Hbond substituents is 1. The summed E-state index contributed by atoms with van der Waals surface area (Å²) in [6, 6.07) is 4.98. The molecule has 1 amide bonds. The van der Waals surface area contributed by atoms with Gasteiger partial charge in [-0.1, -0.05) is 0 Å². The van der Waals surface area contributed by atoms with E-state index in [1.807, 2.05) is 6.92 Å². The Morgan fingerprint density at radius 1 is 1.41 bits per heavy atom. The minimum Gasteiger partial charge on any atom is -0.508 e. The van der Waals surface area contributed by atoms with Crippen LogP contribution in [0.2, 0.25) is 0 Å². The third kappa shape index (κ3) is 2.97. The Kier molecular flexibility index (Phi) is 3.64. The quantitative estimate of drug-likeness (QED) is 0.818. The minimum absolute atomic E-state index is 0.0746. The van der Waals surface area contributed by atoms with Crippen molar-refractivity contribution in [2.75, 3.05) is 13.2 Å². The van der Waals surface area contributed by atoms with Crippen molar-refractivity contribution in [2.45, 2.75) is 25.8 Å². The van der Waals surface area contributed by atoms with E-state index in [4.69, 9.17) is 4.74 Å². The molecular weight excluding hydrogens is 218 g/mol. The maximum atomic E-state index is 12.0. The molecule has 1 aromatic carbocycles. The summed E-state index contributed by atoms with van der Waals surface area (Å²) < 4.78 is 5.24. The van der Waals surface area contributed by atoms with Crippen molar-refractivity contribution in [1.29, 1.82) is 0 Å². The highest BCUT2D eigenvalue weighted by Crippen LogP contribution is 2.16. The molecule has 0 saturated carbocycles. The van der Waals surface area contributed by atoms with Gasteiger partial charge in [0.1, 0.15) is 5.75 Å². The lowest BCUT2D eigenvalue weighted by molar-refractivity contribution is 0.0696. The van der Waals surface area contributed by atoms with Crippen molar-refractivity contribution < 1.29 is 14.6 Å². The van der Waals surface area contributed by atoms with Gasteiger partial charge in [-0.05, 0) is 43.5 Å². The second-order valence-corrected chi connectivity index (χ2v) is 4.36. The van der Waals surface area contributed by atoms with Crippen LogP contribution in [-0.4, -0.2) is 30.3 Å². The number of nitrogens with one attached hydrogen (secondary N) is 1. The molecule has 17 heavy (non-hydrogen) atoms. The Balaban J connectivity index is 2.03. The van der Waals surface area contributed by atoms with Crippen molar-refractivity contribution in [3.8, 4) is 5.75 Å². The lowest BCUT2D eigenvalue weighted by Crippen LogP contribution is -2.39. The number of aryl methyl sites for hydroxylation is 1. The van der Waals surface area contributed by atoms with Crippen LogP contribution in [-0.2, 0) is 4.74 Å². The number of carbonyl (C=O) groups is 1. The molecule has 92 valence electrons. The number of amides is 1. The summed E-state index contributed by atoms with van der Waals surface area (Å²) in [6.07, 6.45) is 1.73. The van der Waals surface area contributed by atoms with Gasteiger partial charge in [-0.3, -0.25) is 4.79 Å². The van der Waals surface area contributed by atoms with Crippen molar-refractivity contribution in [1.82, 2.24) is 5.32 Å². The molecular formula is C13H17NO3. The van der Waals surface area contributed by atoms with E-state index in [1.54, 1.807) is 12.1 Å². The summed E-state index contributed by atoms with van der Waals surface area (Å²) in [5.74, 6) is 0.111. The lowest BCUT2D eigenvalue weighted by Gasteiger charge is -2.23. The van der Waals surface area contributed by atoms with Crippen LogP contribution in [0, 0.1) is 6.92 Å². The van der Waals surface area contributed by atoms with Gasteiger partial charge in [0.15, 0.2) is 0 Å². The number of hydrogen-bond acceptors (Lipinski definition) is 3. The van der Waals surface area contributed by atoms with E-state index in [-0.39, 0.29) is 17.7 Å². The maximum Gasteiger partial charge on any atom is 0.251 e. The Hall–Kier alpha value is -1.55. The fourth-order valence-corrected chi connectivity index (χ4v) is 2.01. The summed E-state index contributed by atoms with van der Waals surface area (Å²) in [7, 11) is 0. The van der Waals surface area contributed by atoms with E-state index in [2.05, 4.69) is 5.32 Å². The molecule has 4 nitrogen and oxygen atoms in total. The van der Waals surface area contributed by atoms with Gasteiger partial charge in [0.2, 0.25) is 0 Å². The monoisotopic (exact) mass is 235 g/mol. The van der Waals surface area contributed by atoms with Crippen LogP contribution in [0.4, 0.5) is 0 Å². The van der Waals surface area contributed by atoms with Crippen LogP contribution in [0.15, 0.2) is 18.2 Å². The summed E-state index contributed by atoms with van der Waals surface area (Å²) in [5.41, 5.74) is 1.41. The molecule has 0 radical (unpaired) electrons. The Morgan fingerprint density at radius 3 is 2.76 bits per heavy atom. The normalized spacial score (nSPS) is 16.8. The van der Waals surface area contributed by atoms with Crippen LogP contribution in [0.3, 0.4) is 0 Å². The number of ether oxygens (including phenoxy) is 1. The zero-order chi connectivity index (χ0) is 12.3. The number of phenols is 1. The highest BCUT2D eigenvalue weighted by molar-refractivity contribution is 5.95. The van der Waals surface area contributed by atoms with Crippen LogP contribution in [0.25, 0.3) is 0 Å². The molecule has 0 spiro atoms. The molecule has 0 bridgehead atoms. The largest absolute Gasteiger partial charge is 0.508 e. The highest BCUT2D eigenvalue weighted by Gasteiger charge is 2.17. The number of carbonyl (C=O) groups excluding carboxylic acids is 1. The molecule has 0 aliphatic carbocycles. The third-order valence-electron chi connectivity index (χ3n) is 3.01. The number of hydrogen-bond donors (Lipinski definition) is 2. The average molecular weight is 235 g/mol. The Morgan fingerprint density at radius 2 is 2.12 bits per heavy atom. The molecule has 0 aromatic heterocycles. The summed E-state index contributed by atoms with van der Waals surface area (Å²) in [4.78, 5) is 12.0. The predicted octanol–water partition coefficient (Wildman–Crippen LogP) is 1.61. The zero-order valence-corrected chi connectivity index (χ0v) is 9.90. The molecule has 1 aliphatic rings. The van der Waals surface area contributed by atoms with E-state index in [9.17, 15) is 9.90 Å². The molecule has 0 unspecified atom stereocenters. The molecule has 0 atom stereocenters. The lowest BCUT2D eigenvalue weighted by atomic mass is 10.1. The SMILES string of the molecule is Cc1cc(O)ccc1C(=O)NC1CCOCC1. The van der Waals surface area contributed by atoms with Crippen molar-refractivity contribution in [2.24, 2.45) is 0 Å².